The number of hydrogen-bond acceptors (Lipinski definition) is 5. The first-order valence-corrected chi connectivity index (χ1v) is 6.07. The van der Waals surface area contributed by atoms with Crippen molar-refractivity contribution in [2.75, 3.05) is 6.61 Å². The lowest BCUT2D eigenvalue weighted by Gasteiger charge is -2.19. The molecule has 0 saturated carbocycles. The minimum Gasteiger partial charge on any atom is -0.466 e. The van der Waals surface area contributed by atoms with E-state index in [1.54, 1.807) is 26.0 Å². The average molecular weight is 266 g/mol. The van der Waals surface area contributed by atoms with Gasteiger partial charge in [0, 0.05) is 5.56 Å². The lowest BCUT2D eigenvalue weighted by molar-refractivity contribution is -0.147. The molecule has 5 heteroatoms. The second kappa shape index (κ2) is 7.01. The number of aliphatic hydroxyl groups is 2. The Balaban J connectivity index is 2.83. The van der Waals surface area contributed by atoms with Gasteiger partial charge < -0.3 is 14.9 Å². The standard InChI is InChI=1S/C14H18O5/c1-3-19-13(17)7-12(16)14(18)11-6-10(8-15)5-4-9(11)2/h4-6,8,12,14,16,18H,3,7H2,1-2H3. The molecule has 0 heterocycles. The zero-order valence-electron chi connectivity index (χ0n) is 11.0. The Labute approximate surface area is 111 Å². The van der Waals surface area contributed by atoms with Crippen molar-refractivity contribution >= 4 is 12.3 Å². The fraction of sp³-hybridized carbons (Fsp3) is 0.429. The molecule has 19 heavy (non-hydrogen) atoms. The van der Waals surface area contributed by atoms with Crippen LogP contribution in [0, 0.1) is 6.92 Å². The number of aldehydes is 1. The van der Waals surface area contributed by atoms with Crippen LogP contribution in [-0.2, 0) is 9.53 Å². The Bertz CT molecular complexity index is 455. The molecule has 5 nitrogen and oxygen atoms in total. The van der Waals surface area contributed by atoms with E-state index in [4.69, 9.17) is 4.74 Å². The number of aliphatic hydroxyl groups excluding tert-OH is 2. The van der Waals surface area contributed by atoms with Crippen LogP contribution in [0.1, 0.15) is 40.9 Å². The molecular weight excluding hydrogens is 248 g/mol. The smallest absolute Gasteiger partial charge is 0.308 e. The number of ether oxygens (including phenoxy) is 1. The summed E-state index contributed by atoms with van der Waals surface area (Å²) in [5, 5.41) is 19.9. The lowest BCUT2D eigenvalue weighted by atomic mass is 9.96. The van der Waals surface area contributed by atoms with Crippen LogP contribution in [-0.4, -0.2) is 35.2 Å². The molecule has 0 fully saturated rings. The van der Waals surface area contributed by atoms with Crippen LogP contribution in [0.25, 0.3) is 0 Å². The van der Waals surface area contributed by atoms with Gasteiger partial charge in [-0.25, -0.2) is 0 Å². The summed E-state index contributed by atoms with van der Waals surface area (Å²) in [4.78, 5) is 22.0. The highest BCUT2D eigenvalue weighted by atomic mass is 16.5. The van der Waals surface area contributed by atoms with E-state index in [2.05, 4.69) is 0 Å². The summed E-state index contributed by atoms with van der Waals surface area (Å²) < 4.78 is 4.71. The SMILES string of the molecule is CCOC(=O)CC(O)C(O)c1cc(C=O)ccc1C. The maximum absolute atomic E-state index is 11.2. The summed E-state index contributed by atoms with van der Waals surface area (Å²) in [5.74, 6) is -0.571. The third-order valence-corrected chi connectivity index (χ3v) is 2.80. The quantitative estimate of drug-likeness (QED) is 0.596. The summed E-state index contributed by atoms with van der Waals surface area (Å²) >= 11 is 0. The van der Waals surface area contributed by atoms with Gasteiger partial charge in [0.15, 0.2) is 0 Å². The van der Waals surface area contributed by atoms with Crippen molar-refractivity contribution in [2.24, 2.45) is 0 Å². The predicted octanol–water partition coefficient (Wildman–Crippen LogP) is 1.16. The number of aryl methyl sites for hydroxylation is 1. The van der Waals surface area contributed by atoms with Gasteiger partial charge in [0.25, 0.3) is 0 Å². The van der Waals surface area contributed by atoms with E-state index in [0.717, 1.165) is 5.56 Å². The van der Waals surface area contributed by atoms with Gasteiger partial charge in [-0.1, -0.05) is 12.1 Å². The van der Waals surface area contributed by atoms with Crippen molar-refractivity contribution in [2.45, 2.75) is 32.5 Å². The van der Waals surface area contributed by atoms with Crippen molar-refractivity contribution in [3.8, 4) is 0 Å². The maximum Gasteiger partial charge on any atom is 0.308 e. The Kier molecular flexibility index (Phi) is 5.66. The van der Waals surface area contributed by atoms with E-state index in [1.807, 2.05) is 0 Å². The fourth-order valence-electron chi connectivity index (χ4n) is 1.76. The van der Waals surface area contributed by atoms with Gasteiger partial charge in [-0.15, -0.1) is 0 Å². The van der Waals surface area contributed by atoms with Crippen LogP contribution in [0.3, 0.4) is 0 Å². The molecule has 1 aromatic rings. The van der Waals surface area contributed by atoms with Gasteiger partial charge in [0.1, 0.15) is 12.4 Å². The highest BCUT2D eigenvalue weighted by Crippen LogP contribution is 2.23. The summed E-state index contributed by atoms with van der Waals surface area (Å²) in [5.41, 5.74) is 1.57. The van der Waals surface area contributed by atoms with Crippen LogP contribution < -0.4 is 0 Å². The topological polar surface area (TPSA) is 83.8 Å². The Morgan fingerprint density at radius 3 is 2.68 bits per heavy atom. The summed E-state index contributed by atoms with van der Waals surface area (Å²) in [6, 6.07) is 4.80. The van der Waals surface area contributed by atoms with E-state index in [1.165, 1.54) is 6.07 Å². The number of carbonyl (C=O) groups is 2. The molecule has 0 saturated heterocycles. The fourth-order valence-corrected chi connectivity index (χ4v) is 1.76. The van der Waals surface area contributed by atoms with E-state index >= 15 is 0 Å². The van der Waals surface area contributed by atoms with Gasteiger partial charge in [0.2, 0.25) is 0 Å². The third-order valence-electron chi connectivity index (χ3n) is 2.80. The first kappa shape index (κ1) is 15.3. The first-order chi connectivity index (χ1) is 8.99. The van der Waals surface area contributed by atoms with Crippen molar-refractivity contribution in [3.63, 3.8) is 0 Å². The van der Waals surface area contributed by atoms with Crippen LogP contribution in [0.4, 0.5) is 0 Å². The summed E-state index contributed by atoms with van der Waals surface area (Å²) in [7, 11) is 0. The Morgan fingerprint density at radius 2 is 2.11 bits per heavy atom. The molecule has 0 aliphatic rings. The highest BCUT2D eigenvalue weighted by Gasteiger charge is 2.23. The number of hydrogen-bond donors (Lipinski definition) is 2. The van der Waals surface area contributed by atoms with Gasteiger partial charge in [0.05, 0.1) is 19.1 Å². The second-order valence-corrected chi connectivity index (χ2v) is 4.26. The molecule has 0 radical (unpaired) electrons. The maximum atomic E-state index is 11.2. The third kappa shape index (κ3) is 4.15. The molecular formula is C14H18O5. The molecule has 2 atom stereocenters. The van der Waals surface area contributed by atoms with Crippen LogP contribution in [0.5, 0.6) is 0 Å². The van der Waals surface area contributed by atoms with Gasteiger partial charge in [-0.05, 0) is 31.0 Å². The van der Waals surface area contributed by atoms with Crippen molar-refractivity contribution in [1.82, 2.24) is 0 Å². The molecule has 0 spiro atoms. The van der Waals surface area contributed by atoms with Gasteiger partial charge in [-0.3, -0.25) is 9.59 Å². The summed E-state index contributed by atoms with van der Waals surface area (Å²) in [6.07, 6.45) is -2.13. The van der Waals surface area contributed by atoms with E-state index < -0.39 is 18.2 Å². The molecule has 104 valence electrons. The lowest BCUT2D eigenvalue weighted by Crippen LogP contribution is -2.23. The van der Waals surface area contributed by atoms with Crippen molar-refractivity contribution < 1.29 is 24.5 Å². The van der Waals surface area contributed by atoms with Crippen molar-refractivity contribution in [3.05, 3.63) is 34.9 Å². The minimum absolute atomic E-state index is 0.224. The highest BCUT2D eigenvalue weighted by molar-refractivity contribution is 5.75. The van der Waals surface area contributed by atoms with Crippen LogP contribution in [0.2, 0.25) is 0 Å². The summed E-state index contributed by atoms with van der Waals surface area (Å²) in [6.45, 7) is 3.64. The van der Waals surface area contributed by atoms with Crippen molar-refractivity contribution in [1.29, 1.82) is 0 Å². The largest absolute Gasteiger partial charge is 0.466 e. The normalized spacial score (nSPS) is 13.7. The molecule has 2 unspecified atom stereocenters. The zero-order valence-corrected chi connectivity index (χ0v) is 11.0. The molecule has 1 aromatic carbocycles. The molecule has 0 bridgehead atoms. The predicted molar refractivity (Wildman–Crippen MR) is 68.8 cm³/mol. The molecule has 0 aliphatic carbocycles. The molecule has 2 N–H and O–H groups in total. The number of benzene rings is 1. The molecule has 0 aliphatic heterocycles. The van der Waals surface area contributed by atoms with E-state index in [-0.39, 0.29) is 13.0 Å². The van der Waals surface area contributed by atoms with E-state index in [0.29, 0.717) is 17.4 Å². The monoisotopic (exact) mass is 266 g/mol. The zero-order chi connectivity index (χ0) is 14.4. The number of carbonyl (C=O) groups excluding carboxylic acids is 2. The number of esters is 1. The van der Waals surface area contributed by atoms with Gasteiger partial charge in [-0.2, -0.15) is 0 Å². The van der Waals surface area contributed by atoms with Crippen LogP contribution >= 0.6 is 0 Å². The Hall–Kier alpha value is -1.72. The molecule has 0 amide bonds. The molecule has 1 rings (SSSR count). The second-order valence-electron chi connectivity index (χ2n) is 4.26. The van der Waals surface area contributed by atoms with Gasteiger partial charge >= 0.3 is 5.97 Å². The van der Waals surface area contributed by atoms with E-state index in [9.17, 15) is 19.8 Å². The Morgan fingerprint density at radius 1 is 1.42 bits per heavy atom. The number of rotatable bonds is 6. The first-order valence-electron chi connectivity index (χ1n) is 6.07. The average Bonchev–Trinajstić information content (AvgIpc) is 2.38. The minimum atomic E-state index is -1.26. The molecule has 0 aromatic heterocycles. The van der Waals surface area contributed by atoms with Crippen LogP contribution in [0.15, 0.2) is 18.2 Å².